The standard InChI is InChI=1S/C20H21N3O/c1-11(2)18-14-9-15-16(10-17(14)23(4)20(18)24)22-19(21-15)13-7-5-12(3)6-8-13/h5-11,18H,1-4H3,(H,21,22). The van der Waals surface area contributed by atoms with Crippen molar-refractivity contribution in [1.82, 2.24) is 9.97 Å². The van der Waals surface area contributed by atoms with Gasteiger partial charge in [0.2, 0.25) is 5.91 Å². The fraction of sp³-hybridized carbons (Fsp3) is 0.300. The number of H-pyrrole nitrogens is 1. The van der Waals surface area contributed by atoms with Crippen LogP contribution in [0.25, 0.3) is 22.4 Å². The molecule has 2 heterocycles. The molecule has 4 nitrogen and oxygen atoms in total. The summed E-state index contributed by atoms with van der Waals surface area (Å²) in [6.07, 6.45) is 0. The summed E-state index contributed by atoms with van der Waals surface area (Å²) in [6, 6.07) is 12.5. The molecule has 0 bridgehead atoms. The van der Waals surface area contributed by atoms with Gasteiger partial charge in [0.05, 0.1) is 17.0 Å². The number of nitrogens with one attached hydrogen (secondary N) is 1. The summed E-state index contributed by atoms with van der Waals surface area (Å²) in [5.41, 5.74) is 6.26. The molecule has 2 aromatic carbocycles. The molecule has 1 aliphatic heterocycles. The van der Waals surface area contributed by atoms with E-state index in [1.165, 1.54) is 5.56 Å². The van der Waals surface area contributed by atoms with Crippen LogP contribution in [0.1, 0.15) is 30.9 Å². The van der Waals surface area contributed by atoms with Crippen LogP contribution in [0.2, 0.25) is 0 Å². The molecule has 1 N–H and O–H groups in total. The lowest BCUT2D eigenvalue weighted by Crippen LogP contribution is -2.26. The largest absolute Gasteiger partial charge is 0.338 e. The van der Waals surface area contributed by atoms with Gasteiger partial charge in [0.25, 0.3) is 0 Å². The topological polar surface area (TPSA) is 49.0 Å². The molecular weight excluding hydrogens is 298 g/mol. The summed E-state index contributed by atoms with van der Waals surface area (Å²) in [6.45, 7) is 6.27. The van der Waals surface area contributed by atoms with Gasteiger partial charge in [0, 0.05) is 18.3 Å². The molecular formula is C20H21N3O. The Morgan fingerprint density at radius 2 is 1.88 bits per heavy atom. The zero-order valence-corrected chi connectivity index (χ0v) is 14.4. The number of imidazole rings is 1. The van der Waals surface area contributed by atoms with Crippen LogP contribution in [0.15, 0.2) is 36.4 Å². The van der Waals surface area contributed by atoms with E-state index in [1.807, 2.05) is 13.1 Å². The summed E-state index contributed by atoms with van der Waals surface area (Å²) in [4.78, 5) is 22.4. The number of fused-ring (bicyclic) bond motifs is 2. The Bertz CT molecular complexity index is 937. The predicted molar refractivity (Wildman–Crippen MR) is 97.3 cm³/mol. The molecule has 4 heteroatoms. The van der Waals surface area contributed by atoms with Gasteiger partial charge < -0.3 is 9.88 Å². The Morgan fingerprint density at radius 3 is 2.54 bits per heavy atom. The molecule has 1 amide bonds. The fourth-order valence-corrected chi connectivity index (χ4v) is 3.55. The number of anilines is 1. The number of rotatable bonds is 2. The quantitative estimate of drug-likeness (QED) is 0.767. The number of amides is 1. The first-order valence-corrected chi connectivity index (χ1v) is 8.34. The van der Waals surface area contributed by atoms with Crippen molar-refractivity contribution in [3.8, 4) is 11.4 Å². The van der Waals surface area contributed by atoms with Gasteiger partial charge in [-0.1, -0.05) is 43.7 Å². The maximum Gasteiger partial charge on any atom is 0.234 e. The number of aryl methyl sites for hydroxylation is 1. The highest BCUT2D eigenvalue weighted by Gasteiger charge is 2.37. The molecule has 0 aliphatic carbocycles. The normalized spacial score (nSPS) is 17.1. The van der Waals surface area contributed by atoms with Crippen LogP contribution in [0.4, 0.5) is 5.69 Å². The van der Waals surface area contributed by atoms with Crippen LogP contribution in [0.5, 0.6) is 0 Å². The van der Waals surface area contributed by atoms with Crippen molar-refractivity contribution in [2.75, 3.05) is 11.9 Å². The molecule has 3 aromatic rings. The Hall–Kier alpha value is -2.62. The summed E-state index contributed by atoms with van der Waals surface area (Å²) in [5, 5.41) is 0. The zero-order valence-electron chi connectivity index (χ0n) is 14.4. The second-order valence-corrected chi connectivity index (χ2v) is 7.00. The van der Waals surface area contributed by atoms with Crippen LogP contribution in [0.3, 0.4) is 0 Å². The third-order valence-corrected chi connectivity index (χ3v) is 4.92. The molecule has 0 radical (unpaired) electrons. The van der Waals surface area contributed by atoms with E-state index < -0.39 is 0 Å². The fourth-order valence-electron chi connectivity index (χ4n) is 3.55. The SMILES string of the molecule is Cc1ccc(-c2nc3cc4c(cc3[nH]2)C(C(C)C)C(=O)N4C)cc1. The lowest BCUT2D eigenvalue weighted by atomic mass is 9.89. The number of aromatic nitrogens is 2. The van der Waals surface area contributed by atoms with Crippen molar-refractivity contribution in [3.05, 3.63) is 47.5 Å². The molecule has 4 rings (SSSR count). The van der Waals surface area contributed by atoms with E-state index in [4.69, 9.17) is 4.98 Å². The molecule has 24 heavy (non-hydrogen) atoms. The van der Waals surface area contributed by atoms with Gasteiger partial charge in [-0.3, -0.25) is 4.79 Å². The second kappa shape index (κ2) is 5.20. The van der Waals surface area contributed by atoms with E-state index in [0.29, 0.717) is 0 Å². The first-order chi connectivity index (χ1) is 11.5. The average molecular weight is 319 g/mol. The molecule has 122 valence electrons. The summed E-state index contributed by atoms with van der Waals surface area (Å²) in [5.74, 6) is 1.24. The third kappa shape index (κ3) is 2.13. The van der Waals surface area contributed by atoms with Crippen LogP contribution >= 0.6 is 0 Å². The Morgan fingerprint density at radius 1 is 1.17 bits per heavy atom. The van der Waals surface area contributed by atoms with Crippen molar-refractivity contribution in [2.24, 2.45) is 5.92 Å². The van der Waals surface area contributed by atoms with Crippen LogP contribution in [0, 0.1) is 12.8 Å². The summed E-state index contributed by atoms with van der Waals surface area (Å²) in [7, 11) is 1.85. The van der Waals surface area contributed by atoms with Gasteiger partial charge in [0.15, 0.2) is 0 Å². The Balaban J connectivity index is 1.86. The van der Waals surface area contributed by atoms with Crippen molar-refractivity contribution >= 4 is 22.6 Å². The number of nitrogens with zero attached hydrogens (tertiary/aromatic N) is 2. The lowest BCUT2D eigenvalue weighted by Gasteiger charge is -2.13. The van der Waals surface area contributed by atoms with Crippen molar-refractivity contribution < 1.29 is 4.79 Å². The molecule has 1 unspecified atom stereocenters. The average Bonchev–Trinajstić information content (AvgIpc) is 3.06. The number of carbonyl (C=O) groups excluding carboxylic acids is 1. The van der Waals surface area contributed by atoms with E-state index in [9.17, 15) is 4.79 Å². The first-order valence-electron chi connectivity index (χ1n) is 8.34. The summed E-state index contributed by atoms with van der Waals surface area (Å²) >= 11 is 0. The number of benzene rings is 2. The highest BCUT2D eigenvalue weighted by molar-refractivity contribution is 6.07. The van der Waals surface area contributed by atoms with E-state index in [0.717, 1.165) is 33.7 Å². The predicted octanol–water partition coefficient (Wildman–Crippen LogP) is 4.25. The van der Waals surface area contributed by atoms with Crippen LogP contribution in [-0.4, -0.2) is 22.9 Å². The second-order valence-electron chi connectivity index (χ2n) is 7.00. The van der Waals surface area contributed by atoms with Gasteiger partial charge in [0.1, 0.15) is 5.82 Å². The molecule has 1 aromatic heterocycles. The third-order valence-electron chi connectivity index (χ3n) is 4.92. The maximum absolute atomic E-state index is 12.5. The minimum Gasteiger partial charge on any atom is -0.338 e. The Labute approximate surface area is 141 Å². The van der Waals surface area contributed by atoms with E-state index in [1.54, 1.807) is 4.90 Å². The maximum atomic E-state index is 12.5. The number of hydrogen-bond acceptors (Lipinski definition) is 2. The molecule has 0 saturated heterocycles. The number of aromatic amines is 1. The van der Waals surface area contributed by atoms with E-state index >= 15 is 0 Å². The molecule has 0 spiro atoms. The van der Waals surface area contributed by atoms with Gasteiger partial charge in [-0.25, -0.2) is 4.98 Å². The van der Waals surface area contributed by atoms with Gasteiger partial charge in [-0.2, -0.15) is 0 Å². The molecule has 0 saturated carbocycles. The van der Waals surface area contributed by atoms with E-state index in [-0.39, 0.29) is 17.7 Å². The highest BCUT2D eigenvalue weighted by atomic mass is 16.2. The highest BCUT2D eigenvalue weighted by Crippen LogP contribution is 2.42. The Kier molecular flexibility index (Phi) is 3.23. The van der Waals surface area contributed by atoms with Gasteiger partial charge in [-0.15, -0.1) is 0 Å². The van der Waals surface area contributed by atoms with Crippen molar-refractivity contribution in [1.29, 1.82) is 0 Å². The molecule has 1 atom stereocenters. The van der Waals surface area contributed by atoms with Gasteiger partial charge >= 0.3 is 0 Å². The van der Waals surface area contributed by atoms with Crippen LogP contribution < -0.4 is 4.90 Å². The smallest absolute Gasteiger partial charge is 0.234 e. The zero-order chi connectivity index (χ0) is 17.0. The number of hydrogen-bond donors (Lipinski definition) is 1. The first kappa shape index (κ1) is 14.9. The number of likely N-dealkylation sites (N-methyl/N-ethyl adjacent to an activating group) is 1. The van der Waals surface area contributed by atoms with Crippen molar-refractivity contribution in [2.45, 2.75) is 26.7 Å². The minimum atomic E-state index is -0.0690. The minimum absolute atomic E-state index is 0.0690. The summed E-state index contributed by atoms with van der Waals surface area (Å²) < 4.78 is 0. The monoisotopic (exact) mass is 319 g/mol. The van der Waals surface area contributed by atoms with Crippen LogP contribution in [-0.2, 0) is 4.79 Å². The van der Waals surface area contributed by atoms with E-state index in [2.05, 4.69) is 56.1 Å². The van der Waals surface area contributed by atoms with Crippen molar-refractivity contribution in [3.63, 3.8) is 0 Å². The number of carbonyl (C=O) groups is 1. The molecule has 0 fully saturated rings. The lowest BCUT2D eigenvalue weighted by molar-refractivity contribution is -0.119. The van der Waals surface area contributed by atoms with Gasteiger partial charge in [-0.05, 0) is 30.5 Å². The molecule has 1 aliphatic rings.